The summed E-state index contributed by atoms with van der Waals surface area (Å²) in [6, 6.07) is 6.95. The molecule has 0 aliphatic heterocycles. The van der Waals surface area contributed by atoms with Crippen LogP contribution in [0.5, 0.6) is 0 Å². The molecular formula is C9H9ClFNOS2. The van der Waals surface area contributed by atoms with Gasteiger partial charge < -0.3 is 0 Å². The zero-order chi connectivity index (χ0) is 11.3. The monoisotopic (exact) mass is 265 g/mol. The molecule has 0 aliphatic rings. The summed E-state index contributed by atoms with van der Waals surface area (Å²) >= 11 is 5.71. The first-order chi connectivity index (χ1) is 7.13. The van der Waals surface area contributed by atoms with Crippen LogP contribution >= 0.6 is 33.4 Å². The van der Waals surface area contributed by atoms with Gasteiger partial charge in [-0.05, 0) is 24.0 Å². The standard InChI is InChI=1S/C9H9ClFNOS2/c1-14-15-12(9(11)13)6-7-2-4-8(10)5-3-7/h2-5H,6H2,1H3. The molecule has 0 fully saturated rings. The lowest BCUT2D eigenvalue weighted by Crippen LogP contribution is -2.17. The second-order valence-electron chi connectivity index (χ2n) is 2.66. The lowest BCUT2D eigenvalue weighted by Gasteiger charge is -2.15. The number of hydrogen-bond donors (Lipinski definition) is 0. The van der Waals surface area contributed by atoms with E-state index in [9.17, 15) is 9.18 Å². The number of hydrogen-bond acceptors (Lipinski definition) is 3. The smallest absolute Gasteiger partial charge is 0.244 e. The summed E-state index contributed by atoms with van der Waals surface area (Å²) in [6.45, 7) is 0.234. The van der Waals surface area contributed by atoms with Gasteiger partial charge in [-0.2, -0.15) is 0 Å². The summed E-state index contributed by atoms with van der Waals surface area (Å²) in [7, 11) is 2.39. The van der Waals surface area contributed by atoms with Gasteiger partial charge in [0.05, 0.1) is 6.54 Å². The molecule has 0 aliphatic carbocycles. The zero-order valence-electron chi connectivity index (χ0n) is 7.94. The molecule has 0 saturated carbocycles. The average Bonchev–Trinajstić information content (AvgIpc) is 2.20. The summed E-state index contributed by atoms with van der Waals surface area (Å²) in [5.74, 6) is 0. The summed E-state index contributed by atoms with van der Waals surface area (Å²) in [6.07, 6.45) is 0.340. The molecule has 0 heterocycles. The molecule has 0 unspecified atom stereocenters. The molecule has 2 nitrogen and oxygen atoms in total. The van der Waals surface area contributed by atoms with Crippen molar-refractivity contribution in [3.8, 4) is 0 Å². The van der Waals surface area contributed by atoms with E-state index in [1.807, 2.05) is 0 Å². The van der Waals surface area contributed by atoms with Crippen LogP contribution < -0.4 is 0 Å². The van der Waals surface area contributed by atoms with Crippen LogP contribution in [0.4, 0.5) is 9.18 Å². The van der Waals surface area contributed by atoms with Gasteiger partial charge in [0.2, 0.25) is 0 Å². The van der Waals surface area contributed by atoms with Crippen LogP contribution in [0.1, 0.15) is 5.56 Å². The Kier molecular flexibility index (Phi) is 5.28. The van der Waals surface area contributed by atoms with Gasteiger partial charge in [-0.15, -0.1) is 4.39 Å². The van der Waals surface area contributed by atoms with E-state index in [-0.39, 0.29) is 6.54 Å². The molecule has 1 aromatic carbocycles. The van der Waals surface area contributed by atoms with Crippen molar-refractivity contribution in [2.75, 3.05) is 6.26 Å². The van der Waals surface area contributed by atoms with Gasteiger partial charge >= 0.3 is 6.16 Å². The van der Waals surface area contributed by atoms with Crippen LogP contribution in [0.2, 0.25) is 5.02 Å². The van der Waals surface area contributed by atoms with Crippen molar-refractivity contribution < 1.29 is 9.18 Å². The first kappa shape index (κ1) is 12.7. The van der Waals surface area contributed by atoms with E-state index in [1.165, 1.54) is 10.8 Å². The fourth-order valence-corrected chi connectivity index (χ4v) is 2.40. The maximum absolute atomic E-state index is 12.5. The van der Waals surface area contributed by atoms with Gasteiger partial charge in [-0.3, -0.25) is 0 Å². The van der Waals surface area contributed by atoms with E-state index in [0.717, 1.165) is 20.8 Å². The van der Waals surface area contributed by atoms with Crippen LogP contribution in [0, 0.1) is 0 Å². The summed E-state index contributed by atoms with van der Waals surface area (Å²) in [5, 5.41) is 0.620. The van der Waals surface area contributed by atoms with E-state index in [1.54, 1.807) is 30.5 Å². The summed E-state index contributed by atoms with van der Waals surface area (Å²) in [5.41, 5.74) is 0.840. The molecule has 1 rings (SSSR count). The van der Waals surface area contributed by atoms with Gasteiger partial charge in [0.15, 0.2) is 0 Å². The van der Waals surface area contributed by atoms with Crippen molar-refractivity contribution in [1.82, 2.24) is 4.31 Å². The van der Waals surface area contributed by atoms with Crippen LogP contribution in [0.25, 0.3) is 0 Å². The van der Waals surface area contributed by atoms with E-state index in [4.69, 9.17) is 11.6 Å². The maximum Gasteiger partial charge on any atom is 0.411 e. The van der Waals surface area contributed by atoms with Crippen molar-refractivity contribution in [2.45, 2.75) is 6.54 Å². The lowest BCUT2D eigenvalue weighted by molar-refractivity contribution is 0.203. The Hall–Kier alpha value is -0.390. The number of benzene rings is 1. The maximum atomic E-state index is 12.5. The Labute approximate surface area is 101 Å². The topological polar surface area (TPSA) is 20.3 Å². The lowest BCUT2D eigenvalue weighted by atomic mass is 10.2. The predicted octanol–water partition coefficient (Wildman–Crippen LogP) is 4.16. The molecule has 0 atom stereocenters. The number of rotatable bonds is 4. The zero-order valence-corrected chi connectivity index (χ0v) is 10.3. The third-order valence-electron chi connectivity index (χ3n) is 1.60. The molecule has 0 aromatic heterocycles. The second-order valence-corrected chi connectivity index (χ2v) is 5.46. The van der Waals surface area contributed by atoms with E-state index >= 15 is 0 Å². The molecule has 0 saturated heterocycles. The quantitative estimate of drug-likeness (QED) is 0.353. The van der Waals surface area contributed by atoms with Gasteiger partial charge in [0.1, 0.15) is 0 Å². The van der Waals surface area contributed by atoms with Gasteiger partial charge in [0.25, 0.3) is 0 Å². The minimum Gasteiger partial charge on any atom is -0.244 e. The largest absolute Gasteiger partial charge is 0.411 e. The molecule has 6 heteroatoms. The first-order valence-corrected chi connectivity index (χ1v) is 6.95. The third-order valence-corrected chi connectivity index (χ3v) is 3.44. The molecular weight excluding hydrogens is 257 g/mol. The van der Waals surface area contributed by atoms with E-state index in [2.05, 4.69) is 0 Å². The molecule has 1 aromatic rings. The van der Waals surface area contributed by atoms with Crippen LogP contribution in [0.3, 0.4) is 0 Å². The highest BCUT2D eigenvalue weighted by atomic mass is 35.5. The van der Waals surface area contributed by atoms with Crippen molar-refractivity contribution in [3.05, 3.63) is 34.9 Å². The molecule has 0 N–H and O–H groups in total. The molecule has 1 amide bonds. The minimum absolute atomic E-state index is 0.234. The highest BCUT2D eigenvalue weighted by Crippen LogP contribution is 2.26. The van der Waals surface area contributed by atoms with Crippen molar-refractivity contribution in [1.29, 1.82) is 0 Å². The van der Waals surface area contributed by atoms with Gasteiger partial charge in [-0.1, -0.05) is 34.5 Å². The fraction of sp³-hybridized carbons (Fsp3) is 0.222. The van der Waals surface area contributed by atoms with Crippen LogP contribution in [-0.4, -0.2) is 16.7 Å². The summed E-state index contributed by atoms with van der Waals surface area (Å²) in [4.78, 5) is 10.6. The Morgan fingerprint density at radius 3 is 2.53 bits per heavy atom. The number of halogens is 2. The average molecular weight is 266 g/mol. The number of nitrogens with zero attached hydrogens (tertiary/aromatic N) is 1. The van der Waals surface area contributed by atoms with Crippen molar-refractivity contribution in [3.63, 3.8) is 0 Å². The van der Waals surface area contributed by atoms with E-state index in [0.29, 0.717) is 5.02 Å². The molecule has 82 valence electrons. The van der Waals surface area contributed by atoms with Crippen LogP contribution in [-0.2, 0) is 6.54 Å². The van der Waals surface area contributed by atoms with Crippen LogP contribution in [0.15, 0.2) is 24.3 Å². The normalized spacial score (nSPS) is 10.1. The Bertz CT molecular complexity index is 333. The molecule has 0 radical (unpaired) electrons. The summed E-state index contributed by atoms with van der Waals surface area (Å²) < 4.78 is 13.6. The number of amides is 1. The van der Waals surface area contributed by atoms with Crippen molar-refractivity contribution >= 4 is 39.5 Å². The highest BCUT2D eigenvalue weighted by Gasteiger charge is 2.13. The highest BCUT2D eigenvalue weighted by molar-refractivity contribution is 8.75. The Morgan fingerprint density at radius 2 is 2.07 bits per heavy atom. The van der Waals surface area contributed by atoms with Gasteiger partial charge in [-0.25, -0.2) is 9.10 Å². The number of carbonyl (C=O) groups excluding carboxylic acids is 1. The minimum atomic E-state index is -1.44. The predicted molar refractivity (Wildman–Crippen MR) is 64.6 cm³/mol. The Morgan fingerprint density at radius 1 is 1.47 bits per heavy atom. The van der Waals surface area contributed by atoms with Gasteiger partial charge in [0, 0.05) is 16.0 Å². The SMILES string of the molecule is CSSN(Cc1ccc(Cl)cc1)C(=O)F. The molecule has 0 spiro atoms. The fourth-order valence-electron chi connectivity index (χ4n) is 0.963. The van der Waals surface area contributed by atoms with E-state index < -0.39 is 6.16 Å². The second kappa shape index (κ2) is 6.25. The first-order valence-electron chi connectivity index (χ1n) is 4.05. The molecule has 15 heavy (non-hydrogen) atoms. The molecule has 0 bridgehead atoms. The third kappa shape index (κ3) is 4.32. The number of carbonyl (C=O) groups is 1. The van der Waals surface area contributed by atoms with Crippen molar-refractivity contribution in [2.24, 2.45) is 0 Å². The Balaban J connectivity index is 2.65.